The summed E-state index contributed by atoms with van der Waals surface area (Å²) in [5, 5.41) is 8.57. The fourth-order valence-corrected chi connectivity index (χ4v) is 9.22. The molecule has 8 aromatic carbocycles. The maximum atomic E-state index is 5.25. The standard InChI is InChI=1S/C51H31N3S/c1-3-13-34(14-4-1)49-48-43-30-37(27-28-47(43)55-50(48)41-21-11-12-22-44(41)52-49)46-31-45(53-51(54-46)35-15-5-2-6-16-35)33-25-23-32(24-26-33)42-29-36-17-7-8-18-38(36)39-19-9-10-20-40(39)42/h1-31H. The predicted octanol–water partition coefficient (Wildman–Crippen LogP) is 14.0. The molecular weight excluding hydrogens is 687 g/mol. The Morgan fingerprint density at radius 2 is 0.964 bits per heavy atom. The van der Waals surface area contributed by atoms with Crippen LogP contribution in [0.2, 0.25) is 0 Å². The van der Waals surface area contributed by atoms with E-state index in [1.807, 2.05) is 29.5 Å². The molecule has 0 aliphatic rings. The van der Waals surface area contributed by atoms with E-state index in [1.165, 1.54) is 58.2 Å². The highest BCUT2D eigenvalue weighted by Gasteiger charge is 2.18. The van der Waals surface area contributed by atoms with E-state index in [0.29, 0.717) is 5.82 Å². The van der Waals surface area contributed by atoms with Crippen molar-refractivity contribution in [1.82, 2.24) is 15.0 Å². The second-order valence-electron chi connectivity index (χ2n) is 14.0. The molecule has 3 nitrogen and oxygen atoms in total. The van der Waals surface area contributed by atoms with Crippen LogP contribution in [0.25, 0.3) is 109 Å². The molecule has 0 fully saturated rings. The number of hydrogen-bond acceptors (Lipinski definition) is 4. The van der Waals surface area contributed by atoms with Crippen LogP contribution in [0.4, 0.5) is 0 Å². The fourth-order valence-electron chi connectivity index (χ4n) is 8.00. The van der Waals surface area contributed by atoms with Gasteiger partial charge in [0.15, 0.2) is 5.82 Å². The average Bonchev–Trinajstić information content (AvgIpc) is 3.66. The Labute approximate surface area is 321 Å². The summed E-state index contributed by atoms with van der Waals surface area (Å²) < 4.78 is 2.48. The molecule has 0 bridgehead atoms. The molecule has 256 valence electrons. The third kappa shape index (κ3) is 5.38. The zero-order valence-corrected chi connectivity index (χ0v) is 30.5. The molecule has 0 radical (unpaired) electrons. The third-order valence-electron chi connectivity index (χ3n) is 10.7. The van der Waals surface area contributed by atoms with E-state index in [0.717, 1.165) is 44.9 Å². The molecule has 3 aromatic heterocycles. The quantitative estimate of drug-likeness (QED) is 0.166. The van der Waals surface area contributed by atoms with Crippen LogP contribution in [0.1, 0.15) is 0 Å². The molecule has 0 unspecified atom stereocenters. The van der Waals surface area contributed by atoms with Crippen molar-refractivity contribution < 1.29 is 0 Å². The highest BCUT2D eigenvalue weighted by atomic mass is 32.1. The van der Waals surface area contributed by atoms with Gasteiger partial charge in [0.1, 0.15) is 0 Å². The second kappa shape index (κ2) is 12.8. The van der Waals surface area contributed by atoms with E-state index >= 15 is 0 Å². The number of rotatable bonds is 5. The molecular formula is C51H31N3S. The first kappa shape index (κ1) is 31.5. The summed E-state index contributed by atoms with van der Waals surface area (Å²) in [6.07, 6.45) is 0. The number of benzene rings is 8. The van der Waals surface area contributed by atoms with Gasteiger partial charge in [0.25, 0.3) is 0 Å². The Hall–Kier alpha value is -7.01. The number of para-hydroxylation sites is 1. The van der Waals surface area contributed by atoms with Crippen LogP contribution >= 0.6 is 11.3 Å². The number of aromatic nitrogens is 3. The van der Waals surface area contributed by atoms with Gasteiger partial charge in [-0.3, -0.25) is 0 Å². The summed E-state index contributed by atoms with van der Waals surface area (Å²) in [5.41, 5.74) is 10.3. The molecule has 0 saturated carbocycles. The van der Waals surface area contributed by atoms with Crippen molar-refractivity contribution in [2.24, 2.45) is 0 Å². The van der Waals surface area contributed by atoms with Crippen molar-refractivity contribution in [1.29, 1.82) is 0 Å². The lowest BCUT2D eigenvalue weighted by Gasteiger charge is -2.12. The van der Waals surface area contributed by atoms with Gasteiger partial charge in [-0.05, 0) is 63.0 Å². The first-order valence-electron chi connectivity index (χ1n) is 18.5. The van der Waals surface area contributed by atoms with Gasteiger partial charge in [0, 0.05) is 47.8 Å². The Morgan fingerprint density at radius 1 is 0.364 bits per heavy atom. The third-order valence-corrected chi connectivity index (χ3v) is 11.9. The Bertz CT molecular complexity index is 3240. The highest BCUT2D eigenvalue weighted by Crippen LogP contribution is 2.44. The molecule has 0 N–H and O–H groups in total. The van der Waals surface area contributed by atoms with Crippen molar-refractivity contribution >= 4 is 64.0 Å². The molecule has 11 aromatic rings. The van der Waals surface area contributed by atoms with Gasteiger partial charge in [0.05, 0.1) is 22.6 Å². The van der Waals surface area contributed by atoms with Crippen LogP contribution < -0.4 is 0 Å². The lowest BCUT2D eigenvalue weighted by Crippen LogP contribution is -1.96. The molecule has 0 amide bonds. The van der Waals surface area contributed by atoms with E-state index in [-0.39, 0.29) is 0 Å². The van der Waals surface area contributed by atoms with Crippen molar-refractivity contribution in [2.45, 2.75) is 0 Å². The van der Waals surface area contributed by atoms with Crippen LogP contribution in [0.15, 0.2) is 188 Å². The summed E-state index contributed by atoms with van der Waals surface area (Å²) in [6, 6.07) is 66.6. The van der Waals surface area contributed by atoms with Gasteiger partial charge in [-0.1, -0.05) is 158 Å². The maximum absolute atomic E-state index is 5.25. The van der Waals surface area contributed by atoms with Crippen molar-refractivity contribution in [3.8, 4) is 56.3 Å². The van der Waals surface area contributed by atoms with Crippen LogP contribution in [0, 0.1) is 0 Å². The minimum atomic E-state index is 0.700. The maximum Gasteiger partial charge on any atom is 0.160 e. The van der Waals surface area contributed by atoms with Crippen molar-refractivity contribution in [3.05, 3.63) is 188 Å². The first-order chi connectivity index (χ1) is 27.2. The van der Waals surface area contributed by atoms with Gasteiger partial charge in [-0.25, -0.2) is 15.0 Å². The number of nitrogens with zero attached hydrogens (tertiary/aromatic N) is 3. The molecule has 4 heteroatoms. The second-order valence-corrected chi connectivity index (χ2v) is 15.0. The molecule has 11 rings (SSSR count). The van der Waals surface area contributed by atoms with Crippen molar-refractivity contribution in [3.63, 3.8) is 0 Å². The summed E-state index contributed by atoms with van der Waals surface area (Å²) >= 11 is 1.83. The zero-order chi connectivity index (χ0) is 36.3. The van der Waals surface area contributed by atoms with E-state index in [2.05, 4.69) is 170 Å². The number of thiophene rings is 1. The number of fused-ring (bicyclic) bond motifs is 8. The van der Waals surface area contributed by atoms with E-state index in [9.17, 15) is 0 Å². The average molecular weight is 718 g/mol. The summed E-state index contributed by atoms with van der Waals surface area (Å²) in [4.78, 5) is 15.6. The molecule has 3 heterocycles. The van der Waals surface area contributed by atoms with E-state index in [4.69, 9.17) is 15.0 Å². The van der Waals surface area contributed by atoms with E-state index in [1.54, 1.807) is 0 Å². The SMILES string of the molecule is c1ccc(-c2nc(-c3ccc(-c4cc5ccccc5c5ccccc45)cc3)cc(-c3ccc4sc5c6ccccc6nc(-c6ccccc6)c5c4c3)n2)cc1. The van der Waals surface area contributed by atoms with Crippen LogP contribution in [0.3, 0.4) is 0 Å². The summed E-state index contributed by atoms with van der Waals surface area (Å²) in [5.74, 6) is 0.700. The minimum Gasteiger partial charge on any atom is -0.247 e. The van der Waals surface area contributed by atoms with Crippen LogP contribution in [-0.4, -0.2) is 15.0 Å². The highest BCUT2D eigenvalue weighted by molar-refractivity contribution is 7.26. The van der Waals surface area contributed by atoms with Crippen LogP contribution in [-0.2, 0) is 0 Å². The molecule has 55 heavy (non-hydrogen) atoms. The predicted molar refractivity (Wildman–Crippen MR) is 232 cm³/mol. The van der Waals surface area contributed by atoms with Crippen molar-refractivity contribution in [2.75, 3.05) is 0 Å². The monoisotopic (exact) mass is 717 g/mol. The van der Waals surface area contributed by atoms with Gasteiger partial charge in [0.2, 0.25) is 0 Å². The largest absolute Gasteiger partial charge is 0.247 e. The van der Waals surface area contributed by atoms with Gasteiger partial charge in [-0.2, -0.15) is 0 Å². The van der Waals surface area contributed by atoms with Gasteiger partial charge < -0.3 is 0 Å². The first-order valence-corrected chi connectivity index (χ1v) is 19.3. The van der Waals surface area contributed by atoms with Gasteiger partial charge >= 0.3 is 0 Å². The zero-order valence-electron chi connectivity index (χ0n) is 29.6. The normalized spacial score (nSPS) is 11.6. The molecule has 0 aliphatic heterocycles. The van der Waals surface area contributed by atoms with E-state index < -0.39 is 0 Å². The Morgan fingerprint density at radius 3 is 1.75 bits per heavy atom. The molecule has 0 saturated heterocycles. The minimum absolute atomic E-state index is 0.700. The Balaban J connectivity index is 1.08. The number of hydrogen-bond donors (Lipinski definition) is 0. The van der Waals surface area contributed by atoms with Crippen LogP contribution in [0.5, 0.6) is 0 Å². The smallest absolute Gasteiger partial charge is 0.160 e. The summed E-state index contributed by atoms with van der Waals surface area (Å²) in [7, 11) is 0. The lowest BCUT2D eigenvalue weighted by molar-refractivity contribution is 1.18. The Kier molecular flexibility index (Phi) is 7.35. The summed E-state index contributed by atoms with van der Waals surface area (Å²) in [6.45, 7) is 0. The topological polar surface area (TPSA) is 38.7 Å². The number of pyridine rings is 1. The lowest BCUT2D eigenvalue weighted by atomic mass is 9.93. The molecule has 0 atom stereocenters. The molecule has 0 aliphatic carbocycles. The fraction of sp³-hybridized carbons (Fsp3) is 0. The van der Waals surface area contributed by atoms with Gasteiger partial charge in [-0.15, -0.1) is 11.3 Å². The molecule has 0 spiro atoms.